The van der Waals surface area contributed by atoms with E-state index in [4.69, 9.17) is 4.74 Å². The largest absolute Gasteiger partial charge is 0.381 e. The molecule has 5 heteroatoms. The highest BCUT2D eigenvalue weighted by molar-refractivity contribution is 9.10. The maximum absolute atomic E-state index is 5.42. The number of rotatable bonds is 4. The first-order valence-electron chi connectivity index (χ1n) is 6.81. The molecule has 0 bridgehead atoms. The van der Waals surface area contributed by atoms with E-state index in [0.29, 0.717) is 12.0 Å². The van der Waals surface area contributed by atoms with Crippen LogP contribution in [0.2, 0.25) is 0 Å². The molecule has 20 heavy (non-hydrogen) atoms. The van der Waals surface area contributed by atoms with Gasteiger partial charge in [-0.25, -0.2) is 0 Å². The van der Waals surface area contributed by atoms with E-state index in [2.05, 4.69) is 50.4 Å². The van der Waals surface area contributed by atoms with Gasteiger partial charge < -0.3 is 9.30 Å². The van der Waals surface area contributed by atoms with Crippen molar-refractivity contribution in [3.8, 4) is 0 Å². The topological polar surface area (TPSA) is 39.9 Å². The van der Waals surface area contributed by atoms with Crippen LogP contribution in [-0.2, 0) is 11.8 Å². The van der Waals surface area contributed by atoms with E-state index >= 15 is 0 Å². The quantitative estimate of drug-likeness (QED) is 0.861. The number of nitrogens with zero attached hydrogens (tertiary/aromatic N) is 3. The minimum atomic E-state index is 0.284. The van der Waals surface area contributed by atoms with E-state index in [1.165, 1.54) is 5.56 Å². The van der Waals surface area contributed by atoms with Crippen molar-refractivity contribution in [3.05, 3.63) is 46.5 Å². The van der Waals surface area contributed by atoms with Crippen molar-refractivity contribution in [1.29, 1.82) is 0 Å². The number of methoxy groups -OCH3 is 1. The predicted molar refractivity (Wildman–Crippen MR) is 80.5 cm³/mol. The second kappa shape index (κ2) is 5.66. The standard InChI is InChI=1S/C15H18BrN3O/c1-19-9-17-18-15(19)14(11-7-13(8-11)20-2)10-4-3-5-12(16)6-10/h3-6,9,11,13-14H,7-8H2,1-2H3. The molecule has 1 aromatic heterocycles. The lowest BCUT2D eigenvalue weighted by Crippen LogP contribution is -2.35. The summed E-state index contributed by atoms with van der Waals surface area (Å²) in [4.78, 5) is 0. The van der Waals surface area contributed by atoms with E-state index < -0.39 is 0 Å². The minimum absolute atomic E-state index is 0.284. The van der Waals surface area contributed by atoms with E-state index in [0.717, 1.165) is 23.1 Å². The van der Waals surface area contributed by atoms with Crippen LogP contribution in [0.4, 0.5) is 0 Å². The van der Waals surface area contributed by atoms with Gasteiger partial charge in [0.1, 0.15) is 12.2 Å². The monoisotopic (exact) mass is 335 g/mol. The number of halogens is 1. The summed E-state index contributed by atoms with van der Waals surface area (Å²) in [5.41, 5.74) is 1.29. The van der Waals surface area contributed by atoms with Gasteiger partial charge in [-0.05, 0) is 36.5 Å². The van der Waals surface area contributed by atoms with Gasteiger partial charge in [0.05, 0.1) is 6.10 Å². The van der Waals surface area contributed by atoms with Gasteiger partial charge in [0.15, 0.2) is 0 Å². The highest BCUT2D eigenvalue weighted by Crippen LogP contribution is 2.44. The van der Waals surface area contributed by atoms with Gasteiger partial charge in [-0.2, -0.15) is 0 Å². The first-order chi connectivity index (χ1) is 9.69. The third kappa shape index (κ3) is 2.52. The highest BCUT2D eigenvalue weighted by Gasteiger charge is 2.38. The van der Waals surface area contributed by atoms with E-state index in [1.807, 2.05) is 11.6 Å². The maximum Gasteiger partial charge on any atom is 0.140 e. The zero-order valence-electron chi connectivity index (χ0n) is 11.7. The Morgan fingerprint density at radius 3 is 2.80 bits per heavy atom. The normalized spacial score (nSPS) is 23.4. The molecule has 1 saturated carbocycles. The Morgan fingerprint density at radius 1 is 1.40 bits per heavy atom. The Bertz CT molecular complexity index is 592. The number of aromatic nitrogens is 3. The minimum Gasteiger partial charge on any atom is -0.381 e. The Labute approximate surface area is 127 Å². The Morgan fingerprint density at radius 2 is 2.20 bits per heavy atom. The van der Waals surface area contributed by atoms with Crippen LogP contribution in [0, 0.1) is 5.92 Å². The lowest BCUT2D eigenvalue weighted by molar-refractivity contribution is -0.00526. The van der Waals surface area contributed by atoms with Crippen LogP contribution < -0.4 is 0 Å². The lowest BCUT2D eigenvalue weighted by atomic mass is 9.71. The van der Waals surface area contributed by atoms with Gasteiger partial charge in [-0.15, -0.1) is 10.2 Å². The first kappa shape index (κ1) is 13.8. The van der Waals surface area contributed by atoms with Crippen molar-refractivity contribution in [3.63, 3.8) is 0 Å². The van der Waals surface area contributed by atoms with Crippen molar-refractivity contribution < 1.29 is 4.74 Å². The first-order valence-corrected chi connectivity index (χ1v) is 7.60. The maximum atomic E-state index is 5.42. The molecule has 1 fully saturated rings. The van der Waals surface area contributed by atoms with E-state index in [9.17, 15) is 0 Å². The second-order valence-electron chi connectivity index (χ2n) is 5.42. The SMILES string of the molecule is COC1CC(C(c2cccc(Br)c2)c2nncn2C)C1. The summed E-state index contributed by atoms with van der Waals surface area (Å²) < 4.78 is 8.54. The van der Waals surface area contributed by atoms with Gasteiger partial charge in [-0.1, -0.05) is 28.1 Å². The molecule has 0 N–H and O–H groups in total. The predicted octanol–water partition coefficient (Wildman–Crippen LogP) is 3.13. The number of ether oxygens (including phenoxy) is 1. The Balaban J connectivity index is 1.94. The average Bonchev–Trinajstić information content (AvgIpc) is 2.79. The molecule has 0 saturated heterocycles. The summed E-state index contributed by atoms with van der Waals surface area (Å²) in [6, 6.07) is 8.48. The molecule has 0 amide bonds. The molecule has 2 aromatic rings. The molecule has 4 nitrogen and oxygen atoms in total. The molecule has 1 atom stereocenters. The molecule has 0 aliphatic heterocycles. The molecular formula is C15H18BrN3O. The lowest BCUT2D eigenvalue weighted by Gasteiger charge is -2.39. The number of aryl methyl sites for hydroxylation is 1. The molecule has 0 radical (unpaired) electrons. The van der Waals surface area contributed by atoms with Gasteiger partial charge in [0, 0.05) is 24.5 Å². The average molecular weight is 336 g/mol. The van der Waals surface area contributed by atoms with Crippen LogP contribution >= 0.6 is 15.9 Å². The number of benzene rings is 1. The zero-order chi connectivity index (χ0) is 14.1. The van der Waals surface area contributed by atoms with Crippen LogP contribution in [0.15, 0.2) is 35.1 Å². The Kier molecular flexibility index (Phi) is 3.89. The summed E-state index contributed by atoms with van der Waals surface area (Å²) in [6.45, 7) is 0. The number of hydrogen-bond donors (Lipinski definition) is 0. The summed E-state index contributed by atoms with van der Waals surface area (Å²) in [7, 11) is 3.80. The van der Waals surface area contributed by atoms with E-state index in [-0.39, 0.29) is 5.92 Å². The molecule has 1 heterocycles. The van der Waals surface area contributed by atoms with Crippen molar-refractivity contribution in [2.24, 2.45) is 13.0 Å². The van der Waals surface area contributed by atoms with Crippen LogP contribution in [0.1, 0.15) is 30.1 Å². The van der Waals surface area contributed by atoms with Gasteiger partial charge >= 0.3 is 0 Å². The third-order valence-corrected chi connectivity index (χ3v) is 4.66. The highest BCUT2D eigenvalue weighted by atomic mass is 79.9. The van der Waals surface area contributed by atoms with Crippen molar-refractivity contribution in [2.75, 3.05) is 7.11 Å². The molecule has 1 aromatic carbocycles. The second-order valence-corrected chi connectivity index (χ2v) is 6.34. The fourth-order valence-corrected chi connectivity index (χ4v) is 3.39. The third-order valence-electron chi connectivity index (χ3n) is 4.17. The molecule has 1 unspecified atom stereocenters. The van der Waals surface area contributed by atoms with Crippen molar-refractivity contribution >= 4 is 15.9 Å². The summed E-state index contributed by atoms with van der Waals surface area (Å²) >= 11 is 3.56. The van der Waals surface area contributed by atoms with Crippen LogP contribution in [0.3, 0.4) is 0 Å². The van der Waals surface area contributed by atoms with Crippen molar-refractivity contribution in [1.82, 2.24) is 14.8 Å². The molecule has 3 rings (SSSR count). The van der Waals surface area contributed by atoms with Gasteiger partial charge in [-0.3, -0.25) is 0 Å². The molecular weight excluding hydrogens is 318 g/mol. The smallest absolute Gasteiger partial charge is 0.140 e. The Hall–Kier alpha value is -1.20. The zero-order valence-corrected chi connectivity index (χ0v) is 13.2. The fourth-order valence-electron chi connectivity index (χ4n) is 2.98. The molecule has 1 aliphatic carbocycles. The van der Waals surface area contributed by atoms with Crippen LogP contribution in [-0.4, -0.2) is 28.0 Å². The number of hydrogen-bond acceptors (Lipinski definition) is 3. The van der Waals surface area contributed by atoms with E-state index in [1.54, 1.807) is 13.4 Å². The molecule has 0 spiro atoms. The summed E-state index contributed by atoms with van der Waals surface area (Å²) in [6.07, 6.45) is 4.33. The van der Waals surface area contributed by atoms with Gasteiger partial charge in [0.2, 0.25) is 0 Å². The molecule has 1 aliphatic rings. The van der Waals surface area contributed by atoms with Gasteiger partial charge in [0.25, 0.3) is 0 Å². The molecule has 106 valence electrons. The summed E-state index contributed by atoms with van der Waals surface area (Å²) in [5, 5.41) is 8.37. The van der Waals surface area contributed by atoms with Crippen molar-refractivity contribution in [2.45, 2.75) is 24.9 Å². The van der Waals surface area contributed by atoms with Crippen LogP contribution in [0.25, 0.3) is 0 Å². The fraction of sp³-hybridized carbons (Fsp3) is 0.467. The summed E-state index contributed by atoms with van der Waals surface area (Å²) in [5.74, 6) is 1.88. The van der Waals surface area contributed by atoms with Crippen LogP contribution in [0.5, 0.6) is 0 Å².